The van der Waals surface area contributed by atoms with Crippen LogP contribution in [-0.4, -0.2) is 42.2 Å². The fourth-order valence-corrected chi connectivity index (χ4v) is 1.65. The lowest BCUT2D eigenvalue weighted by Crippen LogP contribution is -2.12. The number of carboxylic acids is 1. The number of carbonyl (C=O) groups is 4. The molecule has 8 nitrogen and oxygen atoms in total. The molecule has 0 amide bonds. The summed E-state index contributed by atoms with van der Waals surface area (Å²) in [6, 6.07) is 0. The number of aliphatic carboxylic acids is 1. The first kappa shape index (κ1) is 37.2. The quantitative estimate of drug-likeness (QED) is 0.125. The van der Waals surface area contributed by atoms with Crippen LogP contribution in [0.4, 0.5) is 0 Å². The van der Waals surface area contributed by atoms with Crippen molar-refractivity contribution >= 4 is 23.9 Å². The second-order valence-electron chi connectivity index (χ2n) is 6.29. The van der Waals surface area contributed by atoms with E-state index in [0.717, 1.165) is 38.0 Å². The number of esters is 3. The van der Waals surface area contributed by atoms with Gasteiger partial charge in [0.05, 0.1) is 19.5 Å². The normalized spacial score (nSPS) is 9.33. The predicted molar refractivity (Wildman–Crippen MR) is 130 cm³/mol. The van der Waals surface area contributed by atoms with E-state index in [1.165, 1.54) is 31.9 Å². The minimum atomic E-state index is -0.981. The summed E-state index contributed by atoms with van der Waals surface area (Å²) >= 11 is 0. The van der Waals surface area contributed by atoms with Gasteiger partial charge in [0.15, 0.2) is 0 Å². The minimum absolute atomic E-state index is 0.310. The van der Waals surface area contributed by atoms with Crippen molar-refractivity contribution < 1.29 is 38.5 Å². The number of rotatable bonds is 13. The molecule has 0 bridgehead atoms. The van der Waals surface area contributed by atoms with Crippen LogP contribution in [0.5, 0.6) is 0 Å². The Kier molecular flexibility index (Phi) is 35.0. The van der Waals surface area contributed by atoms with Gasteiger partial charge in [0, 0.05) is 25.2 Å². The molecule has 0 aliphatic heterocycles. The van der Waals surface area contributed by atoms with E-state index in [2.05, 4.69) is 49.6 Å². The zero-order valence-electron chi connectivity index (χ0n) is 20.7. The van der Waals surface area contributed by atoms with Crippen LogP contribution < -0.4 is 0 Å². The molecule has 33 heavy (non-hydrogen) atoms. The molecule has 1 atom stereocenters. The van der Waals surface area contributed by atoms with Crippen LogP contribution in [0.2, 0.25) is 0 Å². The first-order valence-electron chi connectivity index (χ1n) is 10.8. The minimum Gasteiger partial charge on any atom is -0.478 e. The van der Waals surface area contributed by atoms with Crippen LogP contribution in [-0.2, 0) is 33.4 Å². The first-order valence-corrected chi connectivity index (χ1v) is 10.8. The van der Waals surface area contributed by atoms with Gasteiger partial charge in [-0.1, -0.05) is 72.8 Å². The molecular formula is C25H42O8. The molecular weight excluding hydrogens is 428 g/mol. The van der Waals surface area contributed by atoms with Gasteiger partial charge in [0.25, 0.3) is 0 Å². The van der Waals surface area contributed by atoms with E-state index in [9.17, 15) is 19.2 Å². The lowest BCUT2D eigenvalue weighted by molar-refractivity contribution is -0.139. The maximum absolute atomic E-state index is 10.8. The summed E-state index contributed by atoms with van der Waals surface area (Å²) in [7, 11) is 0. The molecule has 0 aliphatic carbocycles. The van der Waals surface area contributed by atoms with Crippen LogP contribution in [0.15, 0.2) is 50.8 Å². The Bertz CT molecular complexity index is 567. The fourth-order valence-electron chi connectivity index (χ4n) is 1.65. The lowest BCUT2D eigenvalue weighted by atomic mass is 10.0. The number of carbonyl (C=O) groups excluding carboxylic acids is 3. The SMILES string of the molecule is C=CC(=O)O.C=CC(=O)OCC(CC)CCCC.C=CC(=O)OCCCC.C=COC(C)=O. The van der Waals surface area contributed by atoms with Crippen molar-refractivity contribution in [3.63, 3.8) is 0 Å². The van der Waals surface area contributed by atoms with E-state index in [1.54, 1.807) is 0 Å². The van der Waals surface area contributed by atoms with Crippen molar-refractivity contribution in [2.45, 2.75) is 66.2 Å². The summed E-state index contributed by atoms with van der Waals surface area (Å²) in [5.74, 6) is -1.43. The van der Waals surface area contributed by atoms with Gasteiger partial charge < -0.3 is 19.3 Å². The molecule has 8 heteroatoms. The highest BCUT2D eigenvalue weighted by molar-refractivity contribution is 5.81. The molecule has 0 spiro atoms. The van der Waals surface area contributed by atoms with Crippen LogP contribution in [0.25, 0.3) is 0 Å². The molecule has 0 saturated carbocycles. The molecule has 0 aromatic heterocycles. The van der Waals surface area contributed by atoms with Gasteiger partial charge in [-0.15, -0.1) is 0 Å². The predicted octanol–water partition coefficient (Wildman–Crippen LogP) is 5.40. The fraction of sp³-hybridized carbons (Fsp3) is 0.520. The largest absolute Gasteiger partial charge is 0.478 e. The van der Waals surface area contributed by atoms with Gasteiger partial charge in [0.1, 0.15) is 0 Å². The van der Waals surface area contributed by atoms with Gasteiger partial charge in [-0.05, 0) is 18.8 Å². The molecule has 0 heterocycles. The molecule has 1 N–H and O–H groups in total. The van der Waals surface area contributed by atoms with Crippen molar-refractivity contribution in [2.75, 3.05) is 13.2 Å². The standard InChI is InChI=1S/C11H20O2.C7H12O2.C4H6O2.C3H4O2/c1-4-7-8-10(5-2)9-13-11(12)6-3;1-3-5-6-9-7(8)4-2;1-3-6-4(2)5;1-2-3(4)5/h6,10H,3-5,7-9H2,1-2H3;4H,2-3,5-6H2,1H3;3H,1H2,2H3;2H,1H2,(H,4,5). The summed E-state index contributed by atoms with van der Waals surface area (Å²) in [5.41, 5.74) is 0. The maximum Gasteiger partial charge on any atom is 0.330 e. The molecule has 1 unspecified atom stereocenters. The first-order chi connectivity index (χ1) is 15.6. The Morgan fingerprint density at radius 2 is 1.33 bits per heavy atom. The molecule has 0 aliphatic rings. The Hall–Kier alpha value is -3.16. The summed E-state index contributed by atoms with van der Waals surface area (Å²) in [4.78, 5) is 40.1. The third-order valence-electron chi connectivity index (χ3n) is 3.50. The average molecular weight is 471 g/mol. The molecule has 0 radical (unpaired) electrons. The van der Waals surface area contributed by atoms with E-state index >= 15 is 0 Å². The topological polar surface area (TPSA) is 116 Å². The van der Waals surface area contributed by atoms with Gasteiger partial charge >= 0.3 is 23.9 Å². The zero-order chi connectivity index (χ0) is 26.5. The van der Waals surface area contributed by atoms with Gasteiger partial charge in [-0.3, -0.25) is 4.79 Å². The van der Waals surface area contributed by atoms with E-state index in [0.29, 0.717) is 19.1 Å². The summed E-state index contributed by atoms with van der Waals surface area (Å²) in [6.07, 6.45) is 10.9. The third-order valence-corrected chi connectivity index (χ3v) is 3.50. The van der Waals surface area contributed by atoms with Gasteiger partial charge in [0.2, 0.25) is 0 Å². The highest BCUT2D eigenvalue weighted by Crippen LogP contribution is 2.12. The third kappa shape index (κ3) is 43.6. The second kappa shape index (κ2) is 31.0. The van der Waals surface area contributed by atoms with E-state index in [-0.39, 0.29) is 17.9 Å². The maximum atomic E-state index is 10.8. The Labute approximate surface area is 199 Å². The Morgan fingerprint density at radius 1 is 0.848 bits per heavy atom. The van der Waals surface area contributed by atoms with Crippen LogP contribution in [0.1, 0.15) is 66.2 Å². The number of unbranched alkanes of at least 4 members (excludes halogenated alkanes) is 2. The van der Waals surface area contributed by atoms with Crippen molar-refractivity contribution in [3.8, 4) is 0 Å². The molecule has 0 aromatic carbocycles. The number of ether oxygens (including phenoxy) is 3. The molecule has 190 valence electrons. The van der Waals surface area contributed by atoms with Crippen molar-refractivity contribution in [3.05, 3.63) is 50.8 Å². The van der Waals surface area contributed by atoms with E-state index in [1.807, 2.05) is 6.92 Å². The second-order valence-corrected chi connectivity index (χ2v) is 6.29. The molecule has 0 saturated heterocycles. The number of hydrogen-bond donors (Lipinski definition) is 1. The lowest BCUT2D eigenvalue weighted by Gasteiger charge is -2.13. The van der Waals surface area contributed by atoms with Crippen molar-refractivity contribution in [1.82, 2.24) is 0 Å². The Balaban J connectivity index is -0.000000183. The van der Waals surface area contributed by atoms with E-state index in [4.69, 9.17) is 9.84 Å². The van der Waals surface area contributed by atoms with Crippen LogP contribution in [0.3, 0.4) is 0 Å². The van der Waals surface area contributed by atoms with Crippen LogP contribution in [0, 0.1) is 5.92 Å². The zero-order valence-corrected chi connectivity index (χ0v) is 20.7. The van der Waals surface area contributed by atoms with Crippen molar-refractivity contribution in [2.24, 2.45) is 5.92 Å². The summed E-state index contributed by atoms with van der Waals surface area (Å²) in [6.45, 7) is 21.5. The Morgan fingerprint density at radius 3 is 1.64 bits per heavy atom. The highest BCUT2D eigenvalue weighted by atomic mass is 16.5. The molecule has 0 fully saturated rings. The molecule has 0 rings (SSSR count). The number of hydrogen-bond acceptors (Lipinski definition) is 7. The average Bonchev–Trinajstić information content (AvgIpc) is 2.80. The highest BCUT2D eigenvalue weighted by Gasteiger charge is 2.07. The van der Waals surface area contributed by atoms with Gasteiger partial charge in [-0.2, -0.15) is 0 Å². The van der Waals surface area contributed by atoms with Crippen LogP contribution >= 0.6 is 0 Å². The summed E-state index contributed by atoms with van der Waals surface area (Å²) < 4.78 is 13.8. The summed E-state index contributed by atoms with van der Waals surface area (Å²) in [5, 5.41) is 7.60. The molecule has 0 aromatic rings. The van der Waals surface area contributed by atoms with E-state index < -0.39 is 5.97 Å². The smallest absolute Gasteiger partial charge is 0.330 e. The number of carboxylic acid groups (broad SMARTS) is 1. The van der Waals surface area contributed by atoms with Crippen molar-refractivity contribution in [1.29, 1.82) is 0 Å². The monoisotopic (exact) mass is 470 g/mol. The van der Waals surface area contributed by atoms with Gasteiger partial charge in [-0.25, -0.2) is 14.4 Å².